The van der Waals surface area contributed by atoms with Crippen molar-refractivity contribution in [3.05, 3.63) is 59.2 Å². The van der Waals surface area contributed by atoms with Gasteiger partial charge < -0.3 is 9.64 Å². The van der Waals surface area contributed by atoms with E-state index in [9.17, 15) is 10.1 Å². The summed E-state index contributed by atoms with van der Waals surface area (Å²) < 4.78 is 5.48. The van der Waals surface area contributed by atoms with Crippen LogP contribution in [0.25, 0.3) is 0 Å². The number of benzene rings is 2. The van der Waals surface area contributed by atoms with Gasteiger partial charge in [-0.3, -0.25) is 4.79 Å². The molecule has 1 unspecified atom stereocenters. The number of hydrogen-bond donors (Lipinski definition) is 0. The van der Waals surface area contributed by atoms with Crippen LogP contribution in [0.3, 0.4) is 0 Å². The lowest BCUT2D eigenvalue weighted by Gasteiger charge is -2.21. The van der Waals surface area contributed by atoms with Crippen molar-refractivity contribution in [3.8, 4) is 11.8 Å². The number of nitriles is 1. The van der Waals surface area contributed by atoms with Crippen molar-refractivity contribution in [2.45, 2.75) is 19.3 Å². The van der Waals surface area contributed by atoms with Gasteiger partial charge in [0.2, 0.25) is 0 Å². The van der Waals surface area contributed by atoms with Crippen LogP contribution in [-0.2, 0) is 0 Å². The Kier molecular flexibility index (Phi) is 4.52. The molecule has 2 aromatic carbocycles. The Morgan fingerprint density at radius 2 is 2.08 bits per heavy atom. The van der Waals surface area contributed by atoms with Gasteiger partial charge in [0.25, 0.3) is 0 Å². The van der Waals surface area contributed by atoms with Gasteiger partial charge in [0.1, 0.15) is 11.8 Å². The zero-order valence-electron chi connectivity index (χ0n) is 14.0. The van der Waals surface area contributed by atoms with E-state index in [0.29, 0.717) is 17.0 Å². The molecule has 1 atom stereocenters. The van der Waals surface area contributed by atoms with Gasteiger partial charge in [-0.2, -0.15) is 5.26 Å². The van der Waals surface area contributed by atoms with Crippen LogP contribution in [-0.4, -0.2) is 26.0 Å². The SMILES string of the molecule is COc1ccccc1C1CCN(c2cc(C(C)=O)ccc2C#N)C1. The molecule has 0 amide bonds. The molecule has 24 heavy (non-hydrogen) atoms. The summed E-state index contributed by atoms with van der Waals surface area (Å²) in [5.41, 5.74) is 3.30. The topological polar surface area (TPSA) is 53.3 Å². The molecule has 0 radical (unpaired) electrons. The normalized spacial score (nSPS) is 16.7. The molecule has 0 N–H and O–H groups in total. The third kappa shape index (κ3) is 2.98. The summed E-state index contributed by atoms with van der Waals surface area (Å²) >= 11 is 0. The highest BCUT2D eigenvalue weighted by Crippen LogP contribution is 2.36. The molecule has 0 spiro atoms. The van der Waals surface area contributed by atoms with E-state index in [1.165, 1.54) is 5.56 Å². The Morgan fingerprint density at radius 1 is 1.29 bits per heavy atom. The first-order valence-electron chi connectivity index (χ1n) is 8.07. The number of nitrogens with zero attached hydrogens (tertiary/aromatic N) is 2. The first-order valence-corrected chi connectivity index (χ1v) is 8.07. The highest BCUT2D eigenvalue weighted by molar-refractivity contribution is 5.95. The summed E-state index contributed by atoms with van der Waals surface area (Å²) in [5.74, 6) is 1.28. The Bertz CT molecular complexity index is 808. The fourth-order valence-electron chi connectivity index (χ4n) is 3.34. The van der Waals surface area contributed by atoms with E-state index in [1.807, 2.05) is 24.3 Å². The van der Waals surface area contributed by atoms with Crippen LogP contribution in [0.5, 0.6) is 5.75 Å². The zero-order valence-corrected chi connectivity index (χ0v) is 14.0. The van der Waals surface area contributed by atoms with Crippen molar-refractivity contribution in [2.24, 2.45) is 0 Å². The van der Waals surface area contributed by atoms with Crippen LogP contribution in [0.2, 0.25) is 0 Å². The molecule has 4 heteroatoms. The second-order valence-electron chi connectivity index (χ2n) is 6.07. The number of anilines is 1. The van der Waals surface area contributed by atoms with Gasteiger partial charge in [-0.15, -0.1) is 0 Å². The predicted molar refractivity (Wildman–Crippen MR) is 93.7 cm³/mol. The smallest absolute Gasteiger partial charge is 0.159 e. The van der Waals surface area contributed by atoms with Gasteiger partial charge in [0, 0.05) is 24.6 Å². The second-order valence-corrected chi connectivity index (χ2v) is 6.07. The predicted octanol–water partition coefficient (Wildman–Crippen LogP) is 3.76. The van der Waals surface area contributed by atoms with Crippen molar-refractivity contribution < 1.29 is 9.53 Å². The number of hydrogen-bond acceptors (Lipinski definition) is 4. The van der Waals surface area contributed by atoms with E-state index in [2.05, 4.69) is 17.0 Å². The van der Waals surface area contributed by atoms with Crippen LogP contribution in [0.15, 0.2) is 42.5 Å². The maximum Gasteiger partial charge on any atom is 0.159 e. The Morgan fingerprint density at radius 3 is 2.79 bits per heavy atom. The summed E-state index contributed by atoms with van der Waals surface area (Å²) in [4.78, 5) is 13.9. The van der Waals surface area contributed by atoms with Crippen LogP contribution in [0, 0.1) is 11.3 Å². The van der Waals surface area contributed by atoms with E-state index >= 15 is 0 Å². The van der Waals surface area contributed by atoms with Gasteiger partial charge in [-0.1, -0.05) is 18.2 Å². The van der Waals surface area contributed by atoms with Crippen LogP contribution >= 0.6 is 0 Å². The lowest BCUT2D eigenvalue weighted by molar-refractivity contribution is 0.101. The van der Waals surface area contributed by atoms with Crippen molar-refractivity contribution in [3.63, 3.8) is 0 Å². The molecule has 4 nitrogen and oxygen atoms in total. The Balaban J connectivity index is 1.89. The summed E-state index contributed by atoms with van der Waals surface area (Å²) in [6, 6.07) is 15.6. The summed E-state index contributed by atoms with van der Waals surface area (Å²) in [5, 5.41) is 9.39. The Hall–Kier alpha value is -2.80. The van der Waals surface area contributed by atoms with E-state index in [-0.39, 0.29) is 5.78 Å². The van der Waals surface area contributed by atoms with Gasteiger partial charge in [-0.25, -0.2) is 0 Å². The zero-order chi connectivity index (χ0) is 17.1. The third-order valence-electron chi connectivity index (χ3n) is 4.63. The number of carbonyl (C=O) groups excluding carboxylic acids is 1. The Labute approximate surface area is 142 Å². The molecule has 2 aromatic rings. The van der Waals surface area contributed by atoms with E-state index in [1.54, 1.807) is 26.2 Å². The number of carbonyl (C=O) groups is 1. The highest BCUT2D eigenvalue weighted by Gasteiger charge is 2.27. The number of methoxy groups -OCH3 is 1. The van der Waals surface area contributed by atoms with E-state index in [4.69, 9.17) is 4.74 Å². The fourth-order valence-corrected chi connectivity index (χ4v) is 3.34. The molecule has 122 valence electrons. The minimum Gasteiger partial charge on any atom is -0.496 e. The minimum absolute atomic E-state index is 0.0150. The maximum atomic E-state index is 11.7. The molecule has 0 saturated carbocycles. The average molecular weight is 320 g/mol. The van der Waals surface area contributed by atoms with Crippen molar-refractivity contribution >= 4 is 11.5 Å². The quantitative estimate of drug-likeness (QED) is 0.805. The van der Waals surface area contributed by atoms with Crippen LogP contribution in [0.4, 0.5) is 5.69 Å². The molecule has 1 saturated heterocycles. The third-order valence-corrected chi connectivity index (χ3v) is 4.63. The number of ether oxygens (including phenoxy) is 1. The first kappa shape index (κ1) is 16.1. The number of Topliss-reactive ketones (excluding diaryl/α,β-unsaturated/α-hetero) is 1. The molecule has 0 aliphatic carbocycles. The van der Waals surface area contributed by atoms with Crippen molar-refractivity contribution in [1.82, 2.24) is 0 Å². The average Bonchev–Trinajstić information content (AvgIpc) is 3.10. The number of rotatable bonds is 4. The number of ketones is 1. The first-order chi connectivity index (χ1) is 11.6. The molecule has 0 bridgehead atoms. The lowest BCUT2D eigenvalue weighted by atomic mass is 9.97. The van der Waals surface area contributed by atoms with Crippen LogP contribution < -0.4 is 9.64 Å². The molecule has 1 heterocycles. The van der Waals surface area contributed by atoms with E-state index < -0.39 is 0 Å². The number of para-hydroxylation sites is 1. The standard InChI is InChI=1S/C20H20N2O2/c1-14(23)15-7-8-16(12-21)19(11-15)22-10-9-17(13-22)18-5-3-4-6-20(18)24-2/h3-8,11,17H,9-10,13H2,1-2H3. The molecular formula is C20H20N2O2. The summed E-state index contributed by atoms with van der Waals surface area (Å²) in [7, 11) is 1.69. The summed E-state index contributed by atoms with van der Waals surface area (Å²) in [6.07, 6.45) is 0.996. The van der Waals surface area contributed by atoms with Gasteiger partial charge in [0.05, 0.1) is 18.4 Å². The van der Waals surface area contributed by atoms with Gasteiger partial charge in [-0.05, 0) is 43.2 Å². The highest BCUT2D eigenvalue weighted by atomic mass is 16.5. The molecule has 1 aliphatic rings. The maximum absolute atomic E-state index is 11.7. The van der Waals surface area contributed by atoms with E-state index in [0.717, 1.165) is 30.9 Å². The molecule has 3 rings (SSSR count). The summed E-state index contributed by atoms with van der Waals surface area (Å²) in [6.45, 7) is 3.22. The lowest BCUT2D eigenvalue weighted by Crippen LogP contribution is -2.20. The van der Waals surface area contributed by atoms with Gasteiger partial charge >= 0.3 is 0 Å². The molecular weight excluding hydrogens is 300 g/mol. The van der Waals surface area contributed by atoms with Gasteiger partial charge in [0.15, 0.2) is 5.78 Å². The molecule has 1 fully saturated rings. The fraction of sp³-hybridized carbons (Fsp3) is 0.300. The molecule has 1 aliphatic heterocycles. The van der Waals surface area contributed by atoms with Crippen LogP contribution in [0.1, 0.15) is 40.7 Å². The molecule has 0 aromatic heterocycles. The van der Waals surface area contributed by atoms with Crippen molar-refractivity contribution in [1.29, 1.82) is 5.26 Å². The monoisotopic (exact) mass is 320 g/mol. The largest absolute Gasteiger partial charge is 0.496 e. The second kappa shape index (κ2) is 6.76. The van der Waals surface area contributed by atoms with Crippen molar-refractivity contribution in [2.75, 3.05) is 25.1 Å². The minimum atomic E-state index is 0.0150.